The summed E-state index contributed by atoms with van der Waals surface area (Å²) >= 11 is 0. The first-order chi connectivity index (χ1) is 8.65. The fourth-order valence-electron chi connectivity index (χ4n) is 2.45. The predicted molar refractivity (Wildman–Crippen MR) is 70.2 cm³/mol. The van der Waals surface area contributed by atoms with Crippen molar-refractivity contribution in [2.24, 2.45) is 5.73 Å². The van der Waals surface area contributed by atoms with E-state index in [4.69, 9.17) is 5.73 Å². The van der Waals surface area contributed by atoms with E-state index in [0.717, 1.165) is 31.2 Å². The standard InChI is InChI=1S/C14H20N2O2/c15-12-6-1-2-7-13(12)16-14(18)9-10-4-3-5-11(17)8-10/h3-5,8,12-13,17H,1-2,6-7,9,15H2,(H,16,18)/t12-,13-/m1/s1. The first kappa shape index (κ1) is 12.9. The number of carbonyl (C=O) groups is 1. The summed E-state index contributed by atoms with van der Waals surface area (Å²) in [5.41, 5.74) is 6.81. The molecule has 1 saturated carbocycles. The van der Waals surface area contributed by atoms with Crippen molar-refractivity contribution in [2.75, 3.05) is 0 Å². The van der Waals surface area contributed by atoms with E-state index in [1.807, 2.05) is 6.07 Å². The topological polar surface area (TPSA) is 75.3 Å². The lowest BCUT2D eigenvalue weighted by atomic mass is 9.91. The Hall–Kier alpha value is -1.55. The Morgan fingerprint density at radius 3 is 2.89 bits per heavy atom. The second-order valence-corrected chi connectivity index (χ2v) is 4.97. The quantitative estimate of drug-likeness (QED) is 0.755. The molecule has 0 spiro atoms. The van der Waals surface area contributed by atoms with E-state index < -0.39 is 0 Å². The van der Waals surface area contributed by atoms with Gasteiger partial charge in [-0.2, -0.15) is 0 Å². The van der Waals surface area contributed by atoms with Crippen LogP contribution in [0.4, 0.5) is 0 Å². The lowest BCUT2D eigenvalue weighted by molar-refractivity contribution is -0.121. The number of nitrogens with one attached hydrogen (secondary N) is 1. The first-order valence-electron chi connectivity index (χ1n) is 6.48. The molecule has 0 radical (unpaired) electrons. The molecule has 1 amide bonds. The summed E-state index contributed by atoms with van der Waals surface area (Å²) in [5, 5.41) is 12.3. The van der Waals surface area contributed by atoms with Gasteiger partial charge in [-0.1, -0.05) is 25.0 Å². The van der Waals surface area contributed by atoms with E-state index >= 15 is 0 Å². The van der Waals surface area contributed by atoms with Crippen LogP contribution in [-0.2, 0) is 11.2 Å². The van der Waals surface area contributed by atoms with Crippen molar-refractivity contribution in [3.05, 3.63) is 29.8 Å². The fourth-order valence-corrected chi connectivity index (χ4v) is 2.45. The van der Waals surface area contributed by atoms with Gasteiger partial charge in [-0.15, -0.1) is 0 Å². The Kier molecular flexibility index (Phi) is 4.20. The van der Waals surface area contributed by atoms with Gasteiger partial charge in [0.05, 0.1) is 6.42 Å². The van der Waals surface area contributed by atoms with Gasteiger partial charge in [-0.05, 0) is 30.5 Å². The summed E-state index contributed by atoms with van der Waals surface area (Å²) in [6, 6.07) is 6.96. The van der Waals surface area contributed by atoms with Gasteiger partial charge in [-0.3, -0.25) is 4.79 Å². The van der Waals surface area contributed by atoms with Crippen LogP contribution in [0.15, 0.2) is 24.3 Å². The van der Waals surface area contributed by atoms with E-state index in [-0.39, 0.29) is 30.2 Å². The second kappa shape index (κ2) is 5.87. The molecule has 0 bridgehead atoms. The highest BCUT2D eigenvalue weighted by molar-refractivity contribution is 5.79. The molecule has 98 valence electrons. The van der Waals surface area contributed by atoms with Gasteiger partial charge in [0, 0.05) is 12.1 Å². The summed E-state index contributed by atoms with van der Waals surface area (Å²) in [5.74, 6) is 0.164. The Labute approximate surface area is 107 Å². The molecule has 4 N–H and O–H groups in total. The number of rotatable bonds is 3. The van der Waals surface area contributed by atoms with Crippen LogP contribution < -0.4 is 11.1 Å². The zero-order valence-corrected chi connectivity index (χ0v) is 10.4. The summed E-state index contributed by atoms with van der Waals surface area (Å²) in [6.07, 6.45) is 4.52. The van der Waals surface area contributed by atoms with Crippen molar-refractivity contribution >= 4 is 5.91 Å². The number of hydrogen-bond acceptors (Lipinski definition) is 3. The third-order valence-electron chi connectivity index (χ3n) is 3.44. The highest BCUT2D eigenvalue weighted by Gasteiger charge is 2.23. The van der Waals surface area contributed by atoms with Crippen molar-refractivity contribution in [1.29, 1.82) is 0 Å². The zero-order valence-electron chi connectivity index (χ0n) is 10.4. The van der Waals surface area contributed by atoms with Gasteiger partial charge in [-0.25, -0.2) is 0 Å². The average Bonchev–Trinajstić information content (AvgIpc) is 2.32. The Morgan fingerprint density at radius 1 is 1.39 bits per heavy atom. The van der Waals surface area contributed by atoms with E-state index in [1.165, 1.54) is 0 Å². The maximum absolute atomic E-state index is 11.9. The van der Waals surface area contributed by atoms with Crippen LogP contribution in [0.2, 0.25) is 0 Å². The Bertz CT molecular complexity index is 420. The number of phenolic OH excluding ortho intramolecular Hbond substituents is 1. The Balaban J connectivity index is 1.88. The van der Waals surface area contributed by atoms with Gasteiger partial charge in [0.1, 0.15) is 5.75 Å². The van der Waals surface area contributed by atoms with Crippen molar-refractivity contribution < 1.29 is 9.90 Å². The third kappa shape index (κ3) is 3.47. The van der Waals surface area contributed by atoms with Gasteiger partial charge in [0.2, 0.25) is 5.91 Å². The molecule has 0 unspecified atom stereocenters. The number of hydrogen-bond donors (Lipinski definition) is 3. The molecule has 0 heterocycles. The minimum atomic E-state index is -0.0250. The van der Waals surface area contributed by atoms with Gasteiger partial charge < -0.3 is 16.2 Å². The lowest BCUT2D eigenvalue weighted by Crippen LogP contribution is -2.49. The van der Waals surface area contributed by atoms with Crippen LogP contribution >= 0.6 is 0 Å². The van der Waals surface area contributed by atoms with Gasteiger partial charge in [0.25, 0.3) is 0 Å². The molecule has 2 rings (SSSR count). The predicted octanol–water partition coefficient (Wildman–Crippen LogP) is 1.32. The average molecular weight is 248 g/mol. The molecule has 1 fully saturated rings. The van der Waals surface area contributed by atoms with Crippen molar-refractivity contribution in [1.82, 2.24) is 5.32 Å². The fraction of sp³-hybridized carbons (Fsp3) is 0.500. The molecule has 0 aromatic heterocycles. The van der Waals surface area contributed by atoms with Crippen LogP contribution in [0.5, 0.6) is 5.75 Å². The molecule has 1 aliphatic rings. The molecule has 4 heteroatoms. The largest absolute Gasteiger partial charge is 0.508 e. The summed E-state index contributed by atoms with van der Waals surface area (Å²) in [7, 11) is 0. The number of phenols is 1. The van der Waals surface area contributed by atoms with Crippen molar-refractivity contribution in [2.45, 2.75) is 44.2 Å². The molecule has 2 atom stereocenters. The number of benzene rings is 1. The lowest BCUT2D eigenvalue weighted by Gasteiger charge is -2.29. The molecular weight excluding hydrogens is 228 g/mol. The maximum Gasteiger partial charge on any atom is 0.224 e. The second-order valence-electron chi connectivity index (χ2n) is 4.97. The summed E-state index contributed by atoms with van der Waals surface area (Å²) in [4.78, 5) is 11.9. The van der Waals surface area contributed by atoms with Crippen LogP contribution in [0, 0.1) is 0 Å². The van der Waals surface area contributed by atoms with Gasteiger partial charge in [0.15, 0.2) is 0 Å². The van der Waals surface area contributed by atoms with Crippen LogP contribution in [0.25, 0.3) is 0 Å². The van der Waals surface area contributed by atoms with Crippen molar-refractivity contribution in [3.8, 4) is 5.75 Å². The monoisotopic (exact) mass is 248 g/mol. The van der Waals surface area contributed by atoms with Crippen LogP contribution in [0.3, 0.4) is 0 Å². The summed E-state index contributed by atoms with van der Waals surface area (Å²) in [6.45, 7) is 0. The molecule has 1 aromatic rings. The maximum atomic E-state index is 11.9. The molecule has 18 heavy (non-hydrogen) atoms. The SMILES string of the molecule is N[C@@H]1CCCC[C@H]1NC(=O)Cc1cccc(O)c1. The van der Waals surface area contributed by atoms with Gasteiger partial charge >= 0.3 is 0 Å². The highest BCUT2D eigenvalue weighted by Crippen LogP contribution is 2.17. The number of carbonyl (C=O) groups excluding carboxylic acids is 1. The molecule has 1 aliphatic carbocycles. The number of aromatic hydroxyl groups is 1. The Morgan fingerprint density at radius 2 is 2.17 bits per heavy atom. The van der Waals surface area contributed by atoms with E-state index in [1.54, 1.807) is 18.2 Å². The molecular formula is C14H20N2O2. The number of nitrogens with two attached hydrogens (primary N) is 1. The van der Waals surface area contributed by atoms with Crippen LogP contribution in [0.1, 0.15) is 31.2 Å². The van der Waals surface area contributed by atoms with E-state index in [9.17, 15) is 9.90 Å². The number of amides is 1. The third-order valence-corrected chi connectivity index (χ3v) is 3.44. The summed E-state index contributed by atoms with van der Waals surface area (Å²) < 4.78 is 0. The highest BCUT2D eigenvalue weighted by atomic mass is 16.3. The minimum Gasteiger partial charge on any atom is -0.508 e. The van der Waals surface area contributed by atoms with E-state index in [2.05, 4.69) is 5.32 Å². The minimum absolute atomic E-state index is 0.0250. The molecule has 4 nitrogen and oxygen atoms in total. The van der Waals surface area contributed by atoms with Crippen LogP contribution in [-0.4, -0.2) is 23.1 Å². The zero-order chi connectivity index (χ0) is 13.0. The molecule has 1 aromatic carbocycles. The smallest absolute Gasteiger partial charge is 0.224 e. The first-order valence-corrected chi connectivity index (χ1v) is 6.48. The molecule has 0 saturated heterocycles. The molecule has 0 aliphatic heterocycles. The van der Waals surface area contributed by atoms with Crippen molar-refractivity contribution in [3.63, 3.8) is 0 Å². The van der Waals surface area contributed by atoms with E-state index in [0.29, 0.717) is 0 Å². The normalized spacial score (nSPS) is 23.6.